The van der Waals surface area contributed by atoms with Gasteiger partial charge in [-0.1, -0.05) is 0 Å². The molecule has 4 rings (SSSR count). The SMILES string of the molecule is COC/C(C=N)=C/Nc1cc(C2CC2c2cnc(-c3ncccn3)nc2)cc(F)c1F. The van der Waals surface area contributed by atoms with Crippen LogP contribution in [0.3, 0.4) is 0 Å². The van der Waals surface area contributed by atoms with E-state index in [4.69, 9.17) is 10.1 Å². The highest BCUT2D eigenvalue weighted by Gasteiger charge is 2.40. The minimum absolute atomic E-state index is 0.0175. The molecule has 2 unspecified atom stereocenters. The molecule has 0 aliphatic heterocycles. The number of ether oxygens (including phenoxy) is 1. The van der Waals surface area contributed by atoms with Gasteiger partial charge < -0.3 is 15.5 Å². The minimum Gasteiger partial charge on any atom is -0.380 e. The topological polar surface area (TPSA) is 96.7 Å². The zero-order valence-corrected chi connectivity index (χ0v) is 16.7. The average Bonchev–Trinajstić information content (AvgIpc) is 3.61. The summed E-state index contributed by atoms with van der Waals surface area (Å²) in [5.74, 6) is -0.827. The summed E-state index contributed by atoms with van der Waals surface area (Å²) in [6.07, 6.45) is 10.0. The van der Waals surface area contributed by atoms with Crippen LogP contribution in [0.1, 0.15) is 29.4 Å². The Bertz CT molecular complexity index is 1100. The van der Waals surface area contributed by atoms with Gasteiger partial charge in [-0.2, -0.15) is 0 Å². The van der Waals surface area contributed by atoms with Crippen LogP contribution in [0.5, 0.6) is 0 Å². The first-order valence-electron chi connectivity index (χ1n) is 9.64. The van der Waals surface area contributed by atoms with Crippen molar-refractivity contribution < 1.29 is 13.5 Å². The lowest BCUT2D eigenvalue weighted by molar-refractivity contribution is 0.230. The summed E-state index contributed by atoms with van der Waals surface area (Å²) in [5, 5.41) is 10.1. The third-order valence-electron chi connectivity index (χ3n) is 5.04. The number of nitrogens with one attached hydrogen (secondary N) is 2. The molecule has 9 heteroatoms. The Labute approximate surface area is 177 Å². The molecule has 1 aliphatic carbocycles. The van der Waals surface area contributed by atoms with Crippen LogP contribution in [0.15, 0.2) is 54.8 Å². The predicted octanol–water partition coefficient (Wildman–Crippen LogP) is 4.07. The van der Waals surface area contributed by atoms with Crippen molar-refractivity contribution in [2.45, 2.75) is 18.3 Å². The van der Waals surface area contributed by atoms with Gasteiger partial charge in [0.2, 0.25) is 0 Å². The number of methoxy groups -OCH3 is 1. The maximum atomic E-state index is 14.2. The highest BCUT2D eigenvalue weighted by atomic mass is 19.2. The van der Waals surface area contributed by atoms with Gasteiger partial charge in [0.25, 0.3) is 0 Å². The molecule has 0 saturated heterocycles. The molecular formula is C22H20F2N6O. The molecule has 2 N–H and O–H groups in total. The lowest BCUT2D eigenvalue weighted by Gasteiger charge is -2.09. The Hall–Kier alpha value is -3.59. The van der Waals surface area contributed by atoms with E-state index in [9.17, 15) is 8.78 Å². The number of benzene rings is 1. The standard InChI is InChI=1S/C22H20F2N6O/c1-31-12-13(8-25)9-28-19-6-14(5-18(23)20(19)24)16-7-17(16)15-10-29-22(30-11-15)21-26-3-2-4-27-21/h2-6,8-11,16-17,25,28H,7,12H2,1H3/b13-9+,25-8?. The molecule has 158 valence electrons. The van der Waals surface area contributed by atoms with Gasteiger partial charge in [0, 0.05) is 49.9 Å². The molecule has 1 fully saturated rings. The van der Waals surface area contributed by atoms with Gasteiger partial charge in [-0.25, -0.2) is 28.7 Å². The summed E-state index contributed by atoms with van der Waals surface area (Å²) in [7, 11) is 1.49. The summed E-state index contributed by atoms with van der Waals surface area (Å²) in [6, 6.07) is 4.55. The summed E-state index contributed by atoms with van der Waals surface area (Å²) < 4.78 is 33.4. The lowest BCUT2D eigenvalue weighted by atomic mass is 10.1. The minimum atomic E-state index is -0.963. The molecule has 1 aliphatic rings. The van der Waals surface area contributed by atoms with Crippen molar-refractivity contribution in [3.05, 3.63) is 77.5 Å². The third kappa shape index (κ3) is 4.61. The van der Waals surface area contributed by atoms with E-state index in [1.807, 2.05) is 0 Å². The fraction of sp³-hybridized carbons (Fsp3) is 0.227. The van der Waals surface area contributed by atoms with E-state index in [1.54, 1.807) is 36.9 Å². The van der Waals surface area contributed by atoms with Crippen LogP contribution in [0.4, 0.5) is 14.5 Å². The molecule has 0 amide bonds. The quantitative estimate of drug-likeness (QED) is 0.531. The number of anilines is 1. The average molecular weight is 422 g/mol. The van der Waals surface area contributed by atoms with Crippen molar-refractivity contribution in [2.24, 2.45) is 0 Å². The molecule has 0 bridgehead atoms. The molecule has 2 aromatic heterocycles. The van der Waals surface area contributed by atoms with E-state index in [2.05, 4.69) is 25.3 Å². The van der Waals surface area contributed by atoms with Crippen molar-refractivity contribution in [3.8, 4) is 11.6 Å². The predicted molar refractivity (Wildman–Crippen MR) is 112 cm³/mol. The first kappa shape index (κ1) is 20.7. The number of nitrogens with zero attached hydrogens (tertiary/aromatic N) is 4. The first-order valence-corrected chi connectivity index (χ1v) is 9.64. The van der Waals surface area contributed by atoms with Gasteiger partial charge in [-0.05, 0) is 47.6 Å². The van der Waals surface area contributed by atoms with Gasteiger partial charge >= 0.3 is 0 Å². The van der Waals surface area contributed by atoms with Crippen LogP contribution >= 0.6 is 0 Å². The van der Waals surface area contributed by atoms with Crippen LogP contribution in [0.25, 0.3) is 11.6 Å². The molecule has 31 heavy (non-hydrogen) atoms. The molecule has 7 nitrogen and oxygen atoms in total. The fourth-order valence-electron chi connectivity index (χ4n) is 3.38. The first-order chi connectivity index (χ1) is 15.1. The maximum Gasteiger partial charge on any atom is 0.197 e. The van der Waals surface area contributed by atoms with Crippen LogP contribution in [0.2, 0.25) is 0 Å². The van der Waals surface area contributed by atoms with E-state index in [-0.39, 0.29) is 24.1 Å². The number of hydrogen-bond acceptors (Lipinski definition) is 7. The van der Waals surface area contributed by atoms with Crippen molar-refractivity contribution >= 4 is 11.9 Å². The third-order valence-corrected chi connectivity index (χ3v) is 5.04. The van der Waals surface area contributed by atoms with Crippen LogP contribution < -0.4 is 5.32 Å². The van der Waals surface area contributed by atoms with Gasteiger partial charge in [-0.3, -0.25) is 0 Å². The van der Waals surface area contributed by atoms with Crippen molar-refractivity contribution in [1.82, 2.24) is 19.9 Å². The number of hydrogen-bond donors (Lipinski definition) is 2. The second kappa shape index (κ2) is 9.05. The normalized spacial score (nSPS) is 18.0. The number of halogens is 2. The molecule has 2 atom stereocenters. The highest BCUT2D eigenvalue weighted by molar-refractivity contribution is 5.76. The number of aromatic nitrogens is 4. The van der Waals surface area contributed by atoms with Crippen LogP contribution in [-0.4, -0.2) is 39.9 Å². The Morgan fingerprint density at radius 1 is 1.10 bits per heavy atom. The van der Waals surface area contributed by atoms with Crippen molar-refractivity contribution in [2.75, 3.05) is 19.0 Å². The Kier molecular flexibility index (Phi) is 6.03. The van der Waals surface area contributed by atoms with Gasteiger partial charge in [0.15, 0.2) is 23.3 Å². The van der Waals surface area contributed by atoms with Gasteiger partial charge in [0.1, 0.15) is 0 Å². The lowest BCUT2D eigenvalue weighted by Crippen LogP contribution is -2.02. The van der Waals surface area contributed by atoms with Crippen molar-refractivity contribution in [3.63, 3.8) is 0 Å². The van der Waals surface area contributed by atoms with E-state index in [0.717, 1.165) is 18.2 Å². The van der Waals surface area contributed by atoms with Crippen LogP contribution in [-0.2, 0) is 4.74 Å². The fourth-order valence-corrected chi connectivity index (χ4v) is 3.38. The molecule has 1 saturated carbocycles. The molecular weight excluding hydrogens is 402 g/mol. The summed E-state index contributed by atoms with van der Waals surface area (Å²) in [5.41, 5.74) is 2.13. The van der Waals surface area contributed by atoms with Crippen LogP contribution in [0, 0.1) is 17.0 Å². The largest absolute Gasteiger partial charge is 0.380 e. The molecule has 3 aromatic rings. The second-order valence-corrected chi connectivity index (χ2v) is 7.17. The molecule has 0 spiro atoms. The smallest absolute Gasteiger partial charge is 0.197 e. The highest BCUT2D eigenvalue weighted by Crippen LogP contribution is 2.55. The van der Waals surface area contributed by atoms with E-state index >= 15 is 0 Å². The summed E-state index contributed by atoms with van der Waals surface area (Å²) in [4.78, 5) is 16.9. The number of rotatable bonds is 8. The Morgan fingerprint density at radius 2 is 1.77 bits per heavy atom. The second-order valence-electron chi connectivity index (χ2n) is 7.17. The van der Waals surface area contributed by atoms with E-state index in [0.29, 0.717) is 22.8 Å². The maximum absolute atomic E-state index is 14.2. The monoisotopic (exact) mass is 422 g/mol. The molecule has 1 aromatic carbocycles. The van der Waals surface area contributed by atoms with Gasteiger partial charge in [-0.15, -0.1) is 0 Å². The summed E-state index contributed by atoms with van der Waals surface area (Å²) in [6.45, 7) is 0.189. The van der Waals surface area contributed by atoms with Crippen molar-refractivity contribution in [1.29, 1.82) is 5.41 Å². The van der Waals surface area contributed by atoms with E-state index in [1.165, 1.54) is 19.4 Å². The Balaban J connectivity index is 1.51. The molecule has 0 radical (unpaired) electrons. The zero-order valence-electron chi connectivity index (χ0n) is 16.7. The summed E-state index contributed by atoms with van der Waals surface area (Å²) >= 11 is 0. The molecule has 2 heterocycles. The Morgan fingerprint density at radius 3 is 2.45 bits per heavy atom. The zero-order chi connectivity index (χ0) is 21.8. The van der Waals surface area contributed by atoms with Gasteiger partial charge in [0.05, 0.1) is 12.3 Å². The van der Waals surface area contributed by atoms with E-state index < -0.39 is 11.6 Å².